The number of ether oxygens (including phenoxy) is 1. The van der Waals surface area contributed by atoms with Gasteiger partial charge in [0.2, 0.25) is 0 Å². The summed E-state index contributed by atoms with van der Waals surface area (Å²) in [7, 11) is 1.59. The van der Waals surface area contributed by atoms with Gasteiger partial charge >= 0.3 is 0 Å². The maximum atomic E-state index is 13.7. The molecule has 0 aliphatic carbocycles. The lowest BCUT2D eigenvalue weighted by molar-refractivity contribution is -0.120. The van der Waals surface area contributed by atoms with Crippen molar-refractivity contribution in [2.24, 2.45) is 0 Å². The van der Waals surface area contributed by atoms with E-state index in [9.17, 15) is 14.7 Å². The molecule has 1 saturated heterocycles. The monoisotopic (exact) mass is 435 g/mol. The van der Waals surface area contributed by atoms with E-state index in [-0.39, 0.29) is 18.4 Å². The van der Waals surface area contributed by atoms with Gasteiger partial charge in [0.15, 0.2) is 0 Å². The Morgan fingerprint density at radius 3 is 2.19 bits per heavy atom. The number of carbonyl (C=O) groups excluding carboxylic acids is 2. The summed E-state index contributed by atoms with van der Waals surface area (Å²) in [5.41, 5.74) is 4.29. The number of amides is 2. The van der Waals surface area contributed by atoms with Crippen LogP contribution < -0.4 is 9.64 Å². The van der Waals surface area contributed by atoms with Gasteiger partial charge in [-0.25, -0.2) is 4.90 Å². The van der Waals surface area contributed by atoms with Gasteiger partial charge in [0.1, 0.15) is 11.4 Å². The van der Waals surface area contributed by atoms with E-state index in [1.165, 1.54) is 4.90 Å². The van der Waals surface area contributed by atoms with Crippen LogP contribution in [0.2, 0.25) is 0 Å². The first-order chi connectivity index (χ1) is 15.4. The molecule has 2 aliphatic heterocycles. The third-order valence-electron chi connectivity index (χ3n) is 6.29. The fourth-order valence-corrected chi connectivity index (χ4v) is 4.27. The van der Waals surface area contributed by atoms with Crippen molar-refractivity contribution in [3.63, 3.8) is 0 Å². The average molecular weight is 436 g/mol. The van der Waals surface area contributed by atoms with Crippen molar-refractivity contribution >= 4 is 23.1 Å². The van der Waals surface area contributed by atoms with Gasteiger partial charge in [-0.05, 0) is 54.8 Å². The average Bonchev–Trinajstić information content (AvgIpc) is 3.06. The maximum absolute atomic E-state index is 13.7. The number of hydrogen-bond acceptors (Lipinski definition) is 6. The van der Waals surface area contributed by atoms with E-state index < -0.39 is 0 Å². The fraction of sp³-hybridized carbons (Fsp3) is 0.360. The molecule has 7 nitrogen and oxygen atoms in total. The number of benzene rings is 2. The van der Waals surface area contributed by atoms with Gasteiger partial charge in [0.25, 0.3) is 11.8 Å². The van der Waals surface area contributed by atoms with Crippen LogP contribution in [0.1, 0.15) is 16.7 Å². The molecule has 2 aliphatic rings. The number of methoxy groups -OCH3 is 1. The highest BCUT2D eigenvalue weighted by atomic mass is 16.5. The molecule has 4 rings (SSSR count). The summed E-state index contributed by atoms with van der Waals surface area (Å²) >= 11 is 0. The molecule has 1 N–H and O–H groups in total. The van der Waals surface area contributed by atoms with Crippen LogP contribution in [0.25, 0.3) is 5.57 Å². The number of nitrogens with zero attached hydrogens (tertiary/aromatic N) is 3. The van der Waals surface area contributed by atoms with Gasteiger partial charge in [-0.2, -0.15) is 0 Å². The van der Waals surface area contributed by atoms with Crippen LogP contribution in [0.4, 0.5) is 5.69 Å². The molecule has 2 amide bonds. The minimum atomic E-state index is -0.309. The summed E-state index contributed by atoms with van der Waals surface area (Å²) in [4.78, 5) is 32.7. The Labute approximate surface area is 188 Å². The van der Waals surface area contributed by atoms with Crippen molar-refractivity contribution in [1.29, 1.82) is 0 Å². The molecule has 2 aromatic carbocycles. The highest BCUT2D eigenvalue weighted by Gasteiger charge is 2.43. The molecule has 1 fully saturated rings. The highest BCUT2D eigenvalue weighted by molar-refractivity contribution is 6.45. The number of aliphatic hydroxyl groups excluding tert-OH is 1. The van der Waals surface area contributed by atoms with E-state index in [0.29, 0.717) is 47.9 Å². The highest BCUT2D eigenvalue weighted by Crippen LogP contribution is 2.36. The van der Waals surface area contributed by atoms with Crippen LogP contribution in [0.5, 0.6) is 5.75 Å². The van der Waals surface area contributed by atoms with Crippen LogP contribution in [0, 0.1) is 13.8 Å². The van der Waals surface area contributed by atoms with E-state index >= 15 is 0 Å². The molecule has 2 heterocycles. The molecular weight excluding hydrogens is 406 g/mol. The van der Waals surface area contributed by atoms with Crippen molar-refractivity contribution in [3.8, 4) is 5.75 Å². The van der Waals surface area contributed by atoms with Crippen LogP contribution in [0.15, 0.2) is 48.2 Å². The molecule has 0 saturated carbocycles. The first kappa shape index (κ1) is 22.0. The molecule has 0 aromatic heterocycles. The third-order valence-corrected chi connectivity index (χ3v) is 6.29. The number of β-amino-alcohol motifs (C(OH)–C–C–N with tert-alkyl or cyclic N) is 1. The normalized spacial score (nSPS) is 17.5. The Balaban J connectivity index is 1.74. The first-order valence-electron chi connectivity index (χ1n) is 10.9. The molecule has 0 spiro atoms. The molecule has 168 valence electrons. The van der Waals surface area contributed by atoms with Crippen LogP contribution in [-0.4, -0.2) is 73.2 Å². The van der Waals surface area contributed by atoms with Crippen molar-refractivity contribution < 1.29 is 19.4 Å². The second-order valence-electron chi connectivity index (χ2n) is 8.22. The zero-order valence-electron chi connectivity index (χ0n) is 18.8. The largest absolute Gasteiger partial charge is 0.497 e. The van der Waals surface area contributed by atoms with Crippen LogP contribution in [-0.2, 0) is 9.59 Å². The third kappa shape index (κ3) is 4.01. The molecule has 2 aromatic rings. The molecule has 32 heavy (non-hydrogen) atoms. The molecule has 0 unspecified atom stereocenters. The van der Waals surface area contributed by atoms with Crippen LogP contribution >= 0.6 is 0 Å². The Bertz CT molecular complexity index is 1050. The van der Waals surface area contributed by atoms with E-state index in [1.54, 1.807) is 19.2 Å². The Morgan fingerprint density at radius 1 is 0.906 bits per heavy atom. The predicted molar refractivity (Wildman–Crippen MR) is 123 cm³/mol. The number of piperazine rings is 1. The van der Waals surface area contributed by atoms with Gasteiger partial charge in [-0.15, -0.1) is 0 Å². The zero-order valence-corrected chi connectivity index (χ0v) is 18.8. The standard InChI is InChI=1S/C25H29N3O4/c1-17-4-7-20(16-18(17)2)28-24(30)22(19-5-8-21(32-3)9-6-19)23(25(28)31)27-12-10-26(11-13-27)14-15-29/h4-9,16,29H,10-15H2,1-3H3. The fourth-order valence-electron chi connectivity index (χ4n) is 4.27. The lowest BCUT2D eigenvalue weighted by Gasteiger charge is -2.36. The second-order valence-corrected chi connectivity index (χ2v) is 8.22. The Hall–Kier alpha value is -3.16. The quantitative estimate of drug-likeness (QED) is 0.702. The summed E-state index contributed by atoms with van der Waals surface area (Å²) < 4.78 is 5.26. The molecule has 0 radical (unpaired) electrons. The van der Waals surface area contributed by atoms with E-state index in [2.05, 4.69) is 4.90 Å². The minimum Gasteiger partial charge on any atom is -0.497 e. The molecular formula is C25H29N3O4. The van der Waals surface area contributed by atoms with Gasteiger partial charge in [-0.1, -0.05) is 18.2 Å². The van der Waals surface area contributed by atoms with Gasteiger partial charge < -0.3 is 14.7 Å². The Kier molecular flexibility index (Phi) is 6.30. The number of rotatable bonds is 6. The van der Waals surface area contributed by atoms with Crippen LogP contribution in [0.3, 0.4) is 0 Å². The first-order valence-corrected chi connectivity index (χ1v) is 10.9. The van der Waals surface area contributed by atoms with Gasteiger partial charge in [0, 0.05) is 32.7 Å². The summed E-state index contributed by atoms with van der Waals surface area (Å²) in [6.07, 6.45) is 0. The van der Waals surface area contributed by atoms with Crippen molar-refractivity contribution in [3.05, 3.63) is 64.9 Å². The smallest absolute Gasteiger partial charge is 0.282 e. The summed E-state index contributed by atoms with van der Waals surface area (Å²) in [5, 5.41) is 9.23. The van der Waals surface area contributed by atoms with Crippen molar-refractivity contribution in [1.82, 2.24) is 9.80 Å². The maximum Gasteiger partial charge on any atom is 0.282 e. The molecule has 0 bridgehead atoms. The van der Waals surface area contributed by atoms with Gasteiger partial charge in [0.05, 0.1) is 25.0 Å². The number of hydrogen-bond donors (Lipinski definition) is 1. The number of anilines is 1. The Morgan fingerprint density at radius 2 is 1.59 bits per heavy atom. The summed E-state index contributed by atoms with van der Waals surface area (Å²) in [5.74, 6) is 0.0900. The second kappa shape index (κ2) is 9.14. The summed E-state index contributed by atoms with van der Waals surface area (Å²) in [6.45, 7) is 7.39. The van der Waals surface area contributed by atoms with E-state index in [4.69, 9.17) is 4.74 Å². The zero-order chi connectivity index (χ0) is 22.8. The number of aryl methyl sites for hydroxylation is 2. The topological polar surface area (TPSA) is 73.3 Å². The van der Waals surface area contributed by atoms with E-state index in [1.807, 2.05) is 49.1 Å². The van der Waals surface area contributed by atoms with Gasteiger partial charge in [-0.3, -0.25) is 14.5 Å². The van der Waals surface area contributed by atoms with Crippen molar-refractivity contribution in [2.75, 3.05) is 51.3 Å². The number of carbonyl (C=O) groups is 2. The summed E-state index contributed by atoms with van der Waals surface area (Å²) in [6, 6.07) is 12.9. The molecule has 7 heteroatoms. The lowest BCUT2D eigenvalue weighted by atomic mass is 10.0. The number of imide groups is 1. The lowest BCUT2D eigenvalue weighted by Crippen LogP contribution is -2.48. The molecule has 0 atom stereocenters. The SMILES string of the molecule is COc1ccc(C2=C(N3CCN(CCO)CC3)C(=O)N(c3ccc(C)c(C)c3)C2=O)cc1. The minimum absolute atomic E-state index is 0.109. The van der Waals surface area contributed by atoms with Crippen molar-refractivity contribution in [2.45, 2.75) is 13.8 Å². The number of aliphatic hydroxyl groups is 1. The van der Waals surface area contributed by atoms with E-state index in [0.717, 1.165) is 24.2 Å². The predicted octanol–water partition coefficient (Wildman–Crippen LogP) is 2.21.